The zero-order chi connectivity index (χ0) is 19.3. The number of amides is 3. The molecule has 0 saturated carbocycles. The second-order valence-electron chi connectivity index (χ2n) is 6.69. The van der Waals surface area contributed by atoms with Gasteiger partial charge in [0.25, 0.3) is 0 Å². The molecule has 142 valence electrons. The standard InChI is InChI=1S/C18H25ClN4O3/c1-11(2)16(20)17(25)21-10-15(24)22-13-7-5-9-23(18(13)26)14-8-4-3-6-12(14)19/h3-4,6,8,11,13,16H,5,7,9-10,20H2,1-2H3,(H,21,25)(H,22,24)/t13?,16-/m0/s1. The summed E-state index contributed by atoms with van der Waals surface area (Å²) in [5, 5.41) is 5.67. The molecule has 8 heteroatoms. The first-order chi connectivity index (χ1) is 12.3. The highest BCUT2D eigenvalue weighted by molar-refractivity contribution is 6.33. The van der Waals surface area contributed by atoms with E-state index in [1.165, 1.54) is 0 Å². The Morgan fingerprint density at radius 3 is 2.69 bits per heavy atom. The maximum absolute atomic E-state index is 12.7. The molecule has 1 aromatic rings. The minimum Gasteiger partial charge on any atom is -0.346 e. The molecule has 3 amide bonds. The van der Waals surface area contributed by atoms with Gasteiger partial charge in [0.1, 0.15) is 6.04 Å². The minimum absolute atomic E-state index is 0.0258. The van der Waals surface area contributed by atoms with Crippen LogP contribution in [0.15, 0.2) is 24.3 Å². The Morgan fingerprint density at radius 1 is 1.35 bits per heavy atom. The van der Waals surface area contributed by atoms with Crippen molar-refractivity contribution in [2.24, 2.45) is 11.7 Å². The van der Waals surface area contributed by atoms with E-state index >= 15 is 0 Å². The van der Waals surface area contributed by atoms with Crippen molar-refractivity contribution < 1.29 is 14.4 Å². The van der Waals surface area contributed by atoms with Gasteiger partial charge in [0, 0.05) is 6.54 Å². The van der Waals surface area contributed by atoms with E-state index < -0.39 is 18.0 Å². The van der Waals surface area contributed by atoms with Crippen LogP contribution in [0.4, 0.5) is 5.69 Å². The fourth-order valence-electron chi connectivity index (χ4n) is 2.75. The van der Waals surface area contributed by atoms with Gasteiger partial charge in [-0.3, -0.25) is 14.4 Å². The molecule has 2 rings (SSSR count). The van der Waals surface area contributed by atoms with Crippen LogP contribution >= 0.6 is 11.6 Å². The van der Waals surface area contributed by atoms with Crippen LogP contribution in [0, 0.1) is 5.92 Å². The maximum atomic E-state index is 12.7. The Kier molecular flexibility index (Phi) is 6.99. The first-order valence-electron chi connectivity index (χ1n) is 8.69. The average Bonchev–Trinajstić information content (AvgIpc) is 2.61. The minimum atomic E-state index is -0.671. The van der Waals surface area contributed by atoms with Crippen molar-refractivity contribution in [3.05, 3.63) is 29.3 Å². The number of rotatable bonds is 6. The van der Waals surface area contributed by atoms with Crippen molar-refractivity contribution in [3.8, 4) is 0 Å². The zero-order valence-electron chi connectivity index (χ0n) is 15.0. The highest BCUT2D eigenvalue weighted by Gasteiger charge is 2.31. The summed E-state index contributed by atoms with van der Waals surface area (Å²) in [7, 11) is 0. The molecule has 1 aliphatic heterocycles. The highest BCUT2D eigenvalue weighted by Crippen LogP contribution is 2.28. The fraction of sp³-hybridized carbons (Fsp3) is 0.500. The number of para-hydroxylation sites is 1. The Balaban J connectivity index is 1.93. The molecule has 7 nitrogen and oxygen atoms in total. The van der Waals surface area contributed by atoms with Crippen molar-refractivity contribution in [2.75, 3.05) is 18.0 Å². The van der Waals surface area contributed by atoms with Crippen LogP contribution in [0.3, 0.4) is 0 Å². The van der Waals surface area contributed by atoms with Gasteiger partial charge in [0.15, 0.2) is 0 Å². The number of nitrogens with two attached hydrogens (primary N) is 1. The molecule has 1 saturated heterocycles. The smallest absolute Gasteiger partial charge is 0.249 e. The lowest BCUT2D eigenvalue weighted by atomic mass is 10.0. The molecular formula is C18H25ClN4O3. The second-order valence-corrected chi connectivity index (χ2v) is 7.10. The second kappa shape index (κ2) is 9.00. The quantitative estimate of drug-likeness (QED) is 0.686. The maximum Gasteiger partial charge on any atom is 0.249 e. The molecule has 0 aliphatic carbocycles. The SMILES string of the molecule is CC(C)[C@H](N)C(=O)NCC(=O)NC1CCCN(c2ccccc2Cl)C1=O. The summed E-state index contributed by atoms with van der Waals surface area (Å²) < 4.78 is 0. The van der Waals surface area contributed by atoms with Gasteiger partial charge in [-0.1, -0.05) is 37.6 Å². The lowest BCUT2D eigenvalue weighted by molar-refractivity contribution is -0.130. The molecule has 0 bridgehead atoms. The number of anilines is 1. The molecular weight excluding hydrogens is 356 g/mol. The predicted octanol–water partition coefficient (Wildman–Crippen LogP) is 1.05. The van der Waals surface area contributed by atoms with Crippen LogP contribution in [-0.2, 0) is 14.4 Å². The number of carbonyl (C=O) groups excluding carboxylic acids is 3. The van der Waals surface area contributed by atoms with Crippen molar-refractivity contribution in [1.29, 1.82) is 0 Å². The van der Waals surface area contributed by atoms with Crippen LogP contribution < -0.4 is 21.3 Å². The predicted molar refractivity (Wildman–Crippen MR) is 101 cm³/mol. The Bertz CT molecular complexity index is 680. The lowest BCUT2D eigenvalue weighted by Gasteiger charge is -2.33. The Morgan fingerprint density at radius 2 is 2.04 bits per heavy atom. The van der Waals surface area contributed by atoms with E-state index in [2.05, 4.69) is 10.6 Å². The van der Waals surface area contributed by atoms with Crippen LogP contribution in [0.1, 0.15) is 26.7 Å². The molecule has 2 atom stereocenters. The van der Waals surface area contributed by atoms with Gasteiger partial charge in [-0.2, -0.15) is 0 Å². The number of benzene rings is 1. The van der Waals surface area contributed by atoms with Crippen molar-refractivity contribution in [2.45, 2.75) is 38.8 Å². The number of hydrogen-bond donors (Lipinski definition) is 3. The summed E-state index contributed by atoms with van der Waals surface area (Å²) >= 11 is 6.18. The molecule has 0 spiro atoms. The highest BCUT2D eigenvalue weighted by atomic mass is 35.5. The number of halogens is 1. The molecule has 4 N–H and O–H groups in total. The molecule has 1 heterocycles. The third-order valence-electron chi connectivity index (χ3n) is 4.36. The van der Waals surface area contributed by atoms with Gasteiger partial charge >= 0.3 is 0 Å². The fourth-order valence-corrected chi connectivity index (χ4v) is 2.99. The van der Waals surface area contributed by atoms with Gasteiger partial charge in [0.2, 0.25) is 17.7 Å². The van der Waals surface area contributed by atoms with Crippen molar-refractivity contribution in [1.82, 2.24) is 10.6 Å². The first-order valence-corrected chi connectivity index (χ1v) is 9.07. The van der Waals surface area contributed by atoms with E-state index in [0.29, 0.717) is 23.7 Å². The van der Waals surface area contributed by atoms with E-state index in [1.807, 2.05) is 19.9 Å². The van der Waals surface area contributed by atoms with Crippen LogP contribution in [0.25, 0.3) is 0 Å². The average molecular weight is 381 g/mol. The third kappa shape index (κ3) is 4.95. The lowest BCUT2D eigenvalue weighted by Crippen LogP contribution is -2.55. The number of piperidine rings is 1. The number of carbonyl (C=O) groups is 3. The molecule has 0 aromatic heterocycles. The monoisotopic (exact) mass is 380 g/mol. The van der Waals surface area contributed by atoms with Crippen LogP contribution in [0.2, 0.25) is 5.02 Å². The van der Waals surface area contributed by atoms with Gasteiger partial charge in [-0.15, -0.1) is 0 Å². The van der Waals surface area contributed by atoms with Gasteiger partial charge in [-0.25, -0.2) is 0 Å². The number of nitrogens with zero attached hydrogens (tertiary/aromatic N) is 1. The Labute approximate surface area is 158 Å². The summed E-state index contributed by atoms with van der Waals surface area (Å²) in [4.78, 5) is 38.2. The molecule has 1 aliphatic rings. The zero-order valence-corrected chi connectivity index (χ0v) is 15.8. The number of nitrogens with one attached hydrogen (secondary N) is 2. The van der Waals surface area contributed by atoms with Gasteiger partial charge in [-0.05, 0) is 30.9 Å². The normalized spacial score (nSPS) is 18.6. The van der Waals surface area contributed by atoms with Gasteiger partial charge < -0.3 is 21.3 Å². The van der Waals surface area contributed by atoms with Crippen molar-refractivity contribution >= 4 is 35.0 Å². The van der Waals surface area contributed by atoms with Crippen molar-refractivity contribution in [3.63, 3.8) is 0 Å². The topological polar surface area (TPSA) is 105 Å². The largest absolute Gasteiger partial charge is 0.346 e. The van der Waals surface area contributed by atoms with Crippen LogP contribution in [0.5, 0.6) is 0 Å². The van der Waals surface area contributed by atoms with Crippen LogP contribution in [-0.4, -0.2) is 42.9 Å². The first kappa shape index (κ1) is 20.2. The third-order valence-corrected chi connectivity index (χ3v) is 4.68. The molecule has 1 unspecified atom stereocenters. The van der Waals surface area contributed by atoms with E-state index in [1.54, 1.807) is 23.1 Å². The summed E-state index contributed by atoms with van der Waals surface area (Å²) in [5.74, 6) is -1.04. The molecule has 1 fully saturated rings. The van der Waals surface area contributed by atoms with E-state index in [0.717, 1.165) is 6.42 Å². The molecule has 26 heavy (non-hydrogen) atoms. The van der Waals surface area contributed by atoms with E-state index in [-0.39, 0.29) is 24.3 Å². The molecule has 0 radical (unpaired) electrons. The Hall–Kier alpha value is -2.12. The van der Waals surface area contributed by atoms with E-state index in [4.69, 9.17) is 17.3 Å². The molecule has 1 aromatic carbocycles. The summed E-state index contributed by atoms with van der Waals surface area (Å²) in [5.41, 5.74) is 6.37. The van der Waals surface area contributed by atoms with E-state index in [9.17, 15) is 14.4 Å². The number of hydrogen-bond acceptors (Lipinski definition) is 4. The summed E-state index contributed by atoms with van der Waals surface area (Å²) in [6.07, 6.45) is 1.29. The summed E-state index contributed by atoms with van der Waals surface area (Å²) in [6, 6.07) is 5.80. The van der Waals surface area contributed by atoms with Gasteiger partial charge in [0.05, 0.1) is 23.3 Å². The summed E-state index contributed by atoms with van der Waals surface area (Å²) in [6.45, 7) is 3.99.